The summed E-state index contributed by atoms with van der Waals surface area (Å²) in [5.74, 6) is -0.967. The van der Waals surface area contributed by atoms with E-state index in [-0.39, 0.29) is 5.56 Å². The fourth-order valence-electron chi connectivity index (χ4n) is 1.97. The number of carboxylic acid groups (broad SMARTS) is 1. The van der Waals surface area contributed by atoms with E-state index in [1.807, 2.05) is 48.5 Å². The molecule has 21 heavy (non-hydrogen) atoms. The van der Waals surface area contributed by atoms with E-state index in [9.17, 15) is 9.90 Å². The zero-order valence-corrected chi connectivity index (χ0v) is 13.2. The lowest BCUT2D eigenvalue weighted by Gasteiger charge is -2.07. The monoisotopic (exact) mass is 359 g/mol. The van der Waals surface area contributed by atoms with Gasteiger partial charge in [0, 0.05) is 14.8 Å². The zero-order valence-electron chi connectivity index (χ0n) is 10.8. The number of aromatic nitrogens is 1. The molecule has 2 aromatic carbocycles. The van der Waals surface area contributed by atoms with Crippen LogP contribution in [0.5, 0.6) is 0 Å². The summed E-state index contributed by atoms with van der Waals surface area (Å²) < 4.78 is 0.949. The first kappa shape index (κ1) is 14.1. The highest BCUT2D eigenvalue weighted by Gasteiger charge is 2.14. The highest BCUT2D eigenvalue weighted by atomic mass is 79.9. The maximum Gasteiger partial charge on any atom is 0.338 e. The molecule has 1 N–H and O–H groups in total. The third-order valence-electron chi connectivity index (χ3n) is 2.93. The van der Waals surface area contributed by atoms with Crippen molar-refractivity contribution in [2.45, 2.75) is 9.92 Å². The molecule has 104 valence electrons. The van der Waals surface area contributed by atoms with Crippen molar-refractivity contribution in [2.75, 3.05) is 0 Å². The summed E-state index contributed by atoms with van der Waals surface area (Å²) in [4.78, 5) is 16.9. The van der Waals surface area contributed by atoms with Crippen LogP contribution in [0.2, 0.25) is 0 Å². The van der Waals surface area contributed by atoms with Crippen molar-refractivity contribution in [3.05, 3.63) is 64.6 Å². The van der Waals surface area contributed by atoms with Gasteiger partial charge < -0.3 is 5.11 Å². The average molecular weight is 360 g/mol. The predicted molar refractivity (Wildman–Crippen MR) is 87.0 cm³/mol. The van der Waals surface area contributed by atoms with E-state index in [1.165, 1.54) is 11.8 Å². The maximum atomic E-state index is 11.5. The summed E-state index contributed by atoms with van der Waals surface area (Å²) in [6.45, 7) is 0. The van der Waals surface area contributed by atoms with Crippen LogP contribution in [0, 0.1) is 0 Å². The molecule has 5 heteroatoms. The Bertz CT molecular complexity index is 835. The second-order valence-corrected chi connectivity index (χ2v) is 6.38. The highest BCUT2D eigenvalue weighted by molar-refractivity contribution is 9.10. The molecular formula is C16H10BrNO2S. The standard InChI is InChI=1S/C16H10BrNO2S/c17-11-5-3-6-12(9-11)21-15-13(16(19)20)8-10-4-1-2-7-14(10)18-15/h1-9H,(H,19,20). The molecule has 0 aliphatic rings. The Morgan fingerprint density at radius 3 is 2.67 bits per heavy atom. The summed E-state index contributed by atoms with van der Waals surface area (Å²) in [6, 6.07) is 16.9. The Hall–Kier alpha value is -1.85. The molecule has 1 heterocycles. The van der Waals surface area contributed by atoms with Gasteiger partial charge in [-0.2, -0.15) is 0 Å². The molecule has 0 aliphatic carbocycles. The van der Waals surface area contributed by atoms with Gasteiger partial charge >= 0.3 is 5.97 Å². The summed E-state index contributed by atoms with van der Waals surface area (Å²) in [5.41, 5.74) is 1.01. The molecule has 0 saturated heterocycles. The Balaban J connectivity index is 2.11. The molecular weight excluding hydrogens is 350 g/mol. The zero-order chi connectivity index (χ0) is 14.8. The number of para-hydroxylation sites is 1. The van der Waals surface area contributed by atoms with E-state index in [0.29, 0.717) is 5.03 Å². The molecule has 3 nitrogen and oxygen atoms in total. The number of hydrogen-bond donors (Lipinski definition) is 1. The third-order valence-corrected chi connectivity index (χ3v) is 4.42. The summed E-state index contributed by atoms with van der Waals surface area (Å²) in [6.07, 6.45) is 0. The van der Waals surface area contributed by atoms with Gasteiger partial charge in [0.1, 0.15) is 5.03 Å². The van der Waals surface area contributed by atoms with Crippen molar-refractivity contribution in [1.29, 1.82) is 0 Å². The Morgan fingerprint density at radius 2 is 1.90 bits per heavy atom. The van der Waals surface area contributed by atoms with Gasteiger partial charge in [0.25, 0.3) is 0 Å². The number of pyridine rings is 1. The Morgan fingerprint density at radius 1 is 1.10 bits per heavy atom. The van der Waals surface area contributed by atoms with Gasteiger partial charge in [-0.3, -0.25) is 0 Å². The number of rotatable bonds is 3. The number of benzene rings is 2. The van der Waals surface area contributed by atoms with Crippen molar-refractivity contribution in [3.63, 3.8) is 0 Å². The van der Waals surface area contributed by atoms with E-state index in [0.717, 1.165) is 20.3 Å². The minimum Gasteiger partial charge on any atom is -0.478 e. The topological polar surface area (TPSA) is 50.2 Å². The largest absolute Gasteiger partial charge is 0.478 e. The quantitative estimate of drug-likeness (QED) is 0.726. The van der Waals surface area contributed by atoms with E-state index in [1.54, 1.807) is 6.07 Å². The van der Waals surface area contributed by atoms with E-state index in [4.69, 9.17) is 0 Å². The van der Waals surface area contributed by atoms with Gasteiger partial charge in [-0.05, 0) is 30.3 Å². The molecule has 0 spiro atoms. The fourth-order valence-corrected chi connectivity index (χ4v) is 3.48. The number of halogens is 1. The summed E-state index contributed by atoms with van der Waals surface area (Å²) in [7, 11) is 0. The number of hydrogen-bond acceptors (Lipinski definition) is 3. The first-order valence-electron chi connectivity index (χ1n) is 6.20. The maximum absolute atomic E-state index is 11.5. The van der Waals surface area contributed by atoms with Crippen LogP contribution in [0.3, 0.4) is 0 Å². The van der Waals surface area contributed by atoms with Crippen LogP contribution >= 0.6 is 27.7 Å². The number of carboxylic acids is 1. The van der Waals surface area contributed by atoms with Crippen LogP contribution in [0.25, 0.3) is 10.9 Å². The van der Waals surface area contributed by atoms with Crippen LogP contribution in [-0.2, 0) is 0 Å². The third kappa shape index (κ3) is 3.09. The minimum absolute atomic E-state index is 0.221. The SMILES string of the molecule is O=C(O)c1cc2ccccc2nc1Sc1cccc(Br)c1. The van der Waals surface area contributed by atoms with Gasteiger partial charge in [-0.25, -0.2) is 9.78 Å². The van der Waals surface area contributed by atoms with Gasteiger partial charge in [0.05, 0.1) is 11.1 Å². The molecule has 0 fully saturated rings. The normalized spacial score (nSPS) is 10.7. The molecule has 0 radical (unpaired) electrons. The van der Waals surface area contributed by atoms with Gasteiger partial charge in [-0.15, -0.1) is 0 Å². The molecule has 0 bridgehead atoms. The molecule has 0 saturated carbocycles. The second-order valence-electron chi connectivity index (χ2n) is 4.40. The van der Waals surface area contributed by atoms with E-state index in [2.05, 4.69) is 20.9 Å². The van der Waals surface area contributed by atoms with Crippen LogP contribution in [0.4, 0.5) is 0 Å². The van der Waals surface area contributed by atoms with Crippen LogP contribution in [0.15, 0.2) is 69.0 Å². The second kappa shape index (κ2) is 5.87. The van der Waals surface area contributed by atoms with E-state index < -0.39 is 5.97 Å². The number of aromatic carboxylic acids is 1. The highest BCUT2D eigenvalue weighted by Crippen LogP contribution is 2.32. The molecule has 1 aromatic heterocycles. The van der Waals surface area contributed by atoms with Gasteiger partial charge in [0.15, 0.2) is 0 Å². The Kier molecular flexibility index (Phi) is 3.94. The van der Waals surface area contributed by atoms with Crippen molar-refractivity contribution in [2.24, 2.45) is 0 Å². The van der Waals surface area contributed by atoms with Crippen LogP contribution in [-0.4, -0.2) is 16.1 Å². The smallest absolute Gasteiger partial charge is 0.338 e. The predicted octanol–water partition coefficient (Wildman–Crippen LogP) is 4.85. The van der Waals surface area contributed by atoms with Gasteiger partial charge in [-0.1, -0.05) is 52.0 Å². The first-order chi connectivity index (χ1) is 10.1. The van der Waals surface area contributed by atoms with Crippen LogP contribution in [0.1, 0.15) is 10.4 Å². The molecule has 0 unspecified atom stereocenters. The van der Waals surface area contributed by atoms with E-state index >= 15 is 0 Å². The van der Waals surface area contributed by atoms with Crippen LogP contribution < -0.4 is 0 Å². The first-order valence-corrected chi connectivity index (χ1v) is 7.81. The lowest BCUT2D eigenvalue weighted by Crippen LogP contribution is -2.01. The molecule has 0 amide bonds. The Labute approximate surface area is 134 Å². The summed E-state index contributed by atoms with van der Waals surface area (Å²) in [5, 5.41) is 10.7. The molecule has 0 aliphatic heterocycles. The number of fused-ring (bicyclic) bond motifs is 1. The summed E-state index contributed by atoms with van der Waals surface area (Å²) >= 11 is 4.76. The lowest BCUT2D eigenvalue weighted by molar-refractivity contribution is 0.0692. The number of carbonyl (C=O) groups is 1. The fraction of sp³-hybridized carbons (Fsp3) is 0. The average Bonchev–Trinajstić information content (AvgIpc) is 2.46. The lowest BCUT2D eigenvalue weighted by atomic mass is 10.1. The minimum atomic E-state index is -0.967. The number of nitrogens with zero attached hydrogens (tertiary/aromatic N) is 1. The molecule has 3 aromatic rings. The van der Waals surface area contributed by atoms with Crippen molar-refractivity contribution in [1.82, 2.24) is 4.98 Å². The van der Waals surface area contributed by atoms with Crippen molar-refractivity contribution < 1.29 is 9.90 Å². The van der Waals surface area contributed by atoms with Gasteiger partial charge in [0.2, 0.25) is 0 Å². The molecule has 3 rings (SSSR count). The molecule has 0 atom stereocenters. The van der Waals surface area contributed by atoms with Crippen molar-refractivity contribution >= 4 is 44.6 Å². The van der Waals surface area contributed by atoms with Crippen molar-refractivity contribution in [3.8, 4) is 0 Å².